The van der Waals surface area contributed by atoms with Crippen molar-refractivity contribution < 1.29 is 22.4 Å². The molecule has 1 aliphatic rings. The summed E-state index contributed by atoms with van der Waals surface area (Å²) >= 11 is 0. The van der Waals surface area contributed by atoms with Crippen molar-refractivity contribution in [2.75, 3.05) is 31.3 Å². The molecule has 12 nitrogen and oxygen atoms in total. The van der Waals surface area contributed by atoms with Crippen LogP contribution in [0.1, 0.15) is 44.1 Å². The van der Waals surface area contributed by atoms with Gasteiger partial charge in [0.1, 0.15) is 11.6 Å². The lowest BCUT2D eigenvalue weighted by Gasteiger charge is -2.25. The van der Waals surface area contributed by atoms with Crippen molar-refractivity contribution in [1.82, 2.24) is 14.6 Å². The van der Waals surface area contributed by atoms with Crippen molar-refractivity contribution in [1.29, 1.82) is 0 Å². The van der Waals surface area contributed by atoms with Crippen LogP contribution in [-0.4, -0.2) is 62.2 Å². The first-order valence-corrected chi connectivity index (χ1v) is 15.0. The Balaban J connectivity index is 1.46. The van der Waals surface area contributed by atoms with Crippen molar-refractivity contribution in [2.24, 2.45) is 16.6 Å². The third kappa shape index (κ3) is 7.82. The summed E-state index contributed by atoms with van der Waals surface area (Å²) in [6.07, 6.45) is 5.75. The van der Waals surface area contributed by atoms with E-state index in [0.717, 1.165) is 36.4 Å². The average molecular weight is 584 g/mol. The number of anilines is 2. The molecule has 1 atom stereocenters. The summed E-state index contributed by atoms with van der Waals surface area (Å²) in [6.45, 7) is 1.61. The Bertz CT molecular complexity index is 1490. The van der Waals surface area contributed by atoms with Gasteiger partial charge in [0.25, 0.3) is 6.01 Å². The highest BCUT2D eigenvalue weighted by molar-refractivity contribution is 7.89. The van der Waals surface area contributed by atoms with Gasteiger partial charge in [0, 0.05) is 19.8 Å². The average Bonchev–Trinajstić information content (AvgIpc) is 3.36. The lowest BCUT2D eigenvalue weighted by molar-refractivity contribution is -0.119. The van der Waals surface area contributed by atoms with E-state index in [4.69, 9.17) is 10.2 Å². The molecule has 4 rings (SSSR count). The number of aryl methyl sites for hydroxylation is 1. The van der Waals surface area contributed by atoms with Crippen LogP contribution in [0.3, 0.4) is 0 Å². The molecule has 0 saturated heterocycles. The van der Waals surface area contributed by atoms with Crippen LogP contribution in [0.5, 0.6) is 0 Å². The maximum Gasteiger partial charge on any atom is 0.296 e. The van der Waals surface area contributed by atoms with Gasteiger partial charge < -0.3 is 20.8 Å². The SMILES string of the molecule is Cc1ccc(S(=O)(=O)N(C)C)cc1NC(=O)[C@@H](CC1CCCCC1)N=C(N)NC(=O)CNc1nc2ccccc2o1. The van der Waals surface area contributed by atoms with Crippen molar-refractivity contribution in [2.45, 2.75) is 56.4 Å². The van der Waals surface area contributed by atoms with Crippen LogP contribution in [-0.2, 0) is 19.6 Å². The molecule has 2 aromatic carbocycles. The molecule has 0 unspecified atom stereocenters. The second-order valence-electron chi connectivity index (χ2n) is 10.4. The maximum absolute atomic E-state index is 13.5. The number of carbonyl (C=O) groups excluding carboxylic acids is 2. The Morgan fingerprint density at radius 1 is 1.15 bits per heavy atom. The van der Waals surface area contributed by atoms with E-state index in [2.05, 4.69) is 25.9 Å². The molecule has 1 aliphatic carbocycles. The molecule has 0 bridgehead atoms. The second-order valence-corrected chi connectivity index (χ2v) is 12.6. The van der Waals surface area contributed by atoms with E-state index < -0.39 is 27.9 Å². The van der Waals surface area contributed by atoms with Gasteiger partial charge in [-0.2, -0.15) is 4.98 Å². The van der Waals surface area contributed by atoms with Gasteiger partial charge in [0.15, 0.2) is 11.5 Å². The largest absolute Gasteiger partial charge is 0.424 e. The monoisotopic (exact) mass is 583 g/mol. The van der Waals surface area contributed by atoms with E-state index >= 15 is 0 Å². The highest BCUT2D eigenvalue weighted by Crippen LogP contribution is 2.29. The number of nitrogens with zero attached hydrogens (tertiary/aromatic N) is 3. The second kappa shape index (κ2) is 13.1. The Labute approximate surface area is 239 Å². The minimum atomic E-state index is -3.69. The summed E-state index contributed by atoms with van der Waals surface area (Å²) in [6, 6.07) is 11.1. The number of aromatic nitrogens is 1. The first-order chi connectivity index (χ1) is 19.5. The Morgan fingerprint density at radius 2 is 1.88 bits per heavy atom. The number of carbonyl (C=O) groups is 2. The summed E-state index contributed by atoms with van der Waals surface area (Å²) in [4.78, 5) is 34.7. The molecule has 1 heterocycles. The zero-order valence-electron chi connectivity index (χ0n) is 23.5. The number of rotatable bonds is 10. The van der Waals surface area contributed by atoms with Crippen LogP contribution in [0.4, 0.5) is 11.7 Å². The van der Waals surface area contributed by atoms with E-state index in [1.165, 1.54) is 26.2 Å². The summed E-state index contributed by atoms with van der Waals surface area (Å²) in [7, 11) is -0.798. The molecule has 13 heteroatoms. The van der Waals surface area contributed by atoms with Crippen molar-refractivity contribution in [3.05, 3.63) is 48.0 Å². The van der Waals surface area contributed by atoms with E-state index in [1.54, 1.807) is 25.1 Å². The van der Waals surface area contributed by atoms with E-state index in [9.17, 15) is 18.0 Å². The summed E-state index contributed by atoms with van der Waals surface area (Å²) in [5.74, 6) is -0.817. The number of hydrogen-bond acceptors (Lipinski definition) is 8. The lowest BCUT2D eigenvalue weighted by Crippen LogP contribution is -2.42. The molecule has 1 aromatic heterocycles. The number of para-hydroxylation sites is 2. The fraction of sp³-hybridized carbons (Fsp3) is 0.429. The number of sulfonamides is 1. The van der Waals surface area contributed by atoms with Crippen LogP contribution in [0.25, 0.3) is 11.1 Å². The quantitative estimate of drug-likeness (QED) is 0.208. The zero-order valence-corrected chi connectivity index (χ0v) is 24.3. The molecular weight excluding hydrogens is 546 g/mol. The number of nitrogens with one attached hydrogen (secondary N) is 3. The summed E-state index contributed by atoms with van der Waals surface area (Å²) in [5, 5.41) is 8.17. The summed E-state index contributed by atoms with van der Waals surface area (Å²) in [5.41, 5.74) is 8.39. The van der Waals surface area contributed by atoms with Crippen LogP contribution in [0, 0.1) is 12.8 Å². The van der Waals surface area contributed by atoms with E-state index in [-0.39, 0.29) is 29.3 Å². The zero-order chi connectivity index (χ0) is 29.6. The third-order valence-corrected chi connectivity index (χ3v) is 8.90. The fourth-order valence-corrected chi connectivity index (χ4v) is 5.70. The maximum atomic E-state index is 13.5. The van der Waals surface area contributed by atoms with E-state index in [0.29, 0.717) is 28.8 Å². The predicted molar refractivity (Wildman–Crippen MR) is 158 cm³/mol. The minimum absolute atomic E-state index is 0.0638. The minimum Gasteiger partial charge on any atom is -0.424 e. The molecular formula is C28H37N7O5S. The topological polar surface area (TPSA) is 172 Å². The number of amides is 2. The molecule has 220 valence electrons. The smallest absolute Gasteiger partial charge is 0.296 e. The third-order valence-electron chi connectivity index (χ3n) is 7.09. The number of hydrogen-bond donors (Lipinski definition) is 4. The van der Waals surface area contributed by atoms with Gasteiger partial charge in [-0.05, 0) is 49.1 Å². The van der Waals surface area contributed by atoms with Gasteiger partial charge >= 0.3 is 0 Å². The van der Waals surface area contributed by atoms with Gasteiger partial charge in [0.05, 0.1) is 11.4 Å². The van der Waals surface area contributed by atoms with Crippen LogP contribution in [0.15, 0.2) is 56.8 Å². The van der Waals surface area contributed by atoms with Crippen molar-refractivity contribution in [3.8, 4) is 0 Å². The van der Waals surface area contributed by atoms with Gasteiger partial charge in [-0.15, -0.1) is 0 Å². The molecule has 0 radical (unpaired) electrons. The number of fused-ring (bicyclic) bond motifs is 1. The molecule has 1 saturated carbocycles. The highest BCUT2D eigenvalue weighted by Gasteiger charge is 2.26. The normalized spacial score (nSPS) is 15.6. The number of guanidine groups is 1. The Hall–Kier alpha value is -3.97. The van der Waals surface area contributed by atoms with E-state index in [1.807, 2.05) is 12.1 Å². The van der Waals surface area contributed by atoms with Gasteiger partial charge in [0.2, 0.25) is 21.8 Å². The van der Waals surface area contributed by atoms with Gasteiger partial charge in [-0.25, -0.2) is 17.7 Å². The summed E-state index contributed by atoms with van der Waals surface area (Å²) < 4.78 is 31.9. The first-order valence-electron chi connectivity index (χ1n) is 13.6. The molecule has 0 aliphatic heterocycles. The highest BCUT2D eigenvalue weighted by atomic mass is 32.2. The number of aliphatic imine (C=N–C) groups is 1. The number of benzene rings is 2. The molecule has 3 aromatic rings. The lowest BCUT2D eigenvalue weighted by atomic mass is 9.84. The molecule has 1 fully saturated rings. The van der Waals surface area contributed by atoms with Crippen molar-refractivity contribution in [3.63, 3.8) is 0 Å². The number of nitrogens with two attached hydrogens (primary N) is 1. The van der Waals surface area contributed by atoms with Crippen LogP contribution in [0.2, 0.25) is 0 Å². The van der Waals surface area contributed by atoms with Gasteiger partial charge in [-0.3, -0.25) is 14.9 Å². The molecule has 41 heavy (non-hydrogen) atoms. The van der Waals surface area contributed by atoms with Crippen LogP contribution < -0.4 is 21.7 Å². The Kier molecular flexibility index (Phi) is 9.61. The molecule has 0 spiro atoms. The molecule has 2 amide bonds. The predicted octanol–water partition coefficient (Wildman–Crippen LogP) is 3.21. The molecule has 5 N–H and O–H groups in total. The van der Waals surface area contributed by atoms with Crippen LogP contribution >= 0.6 is 0 Å². The number of oxazole rings is 1. The van der Waals surface area contributed by atoms with Crippen molar-refractivity contribution >= 4 is 50.6 Å². The van der Waals surface area contributed by atoms with Gasteiger partial charge in [-0.1, -0.05) is 50.3 Å². The fourth-order valence-electron chi connectivity index (χ4n) is 4.77. The first kappa shape index (κ1) is 30.0. The standard InChI is InChI=1S/C28H37N7O5S/c1-18-13-14-20(41(38,39)35(2)3)16-22(18)31-26(37)23(15-19-9-5-4-6-10-19)32-27(29)34-25(36)17-30-28-33-21-11-7-8-12-24(21)40-28/h7-8,11-14,16,19,23H,4-6,9-10,15,17H2,1-3H3,(H,30,33)(H,31,37)(H3,29,32,34,36)/t23-/m1/s1. The Morgan fingerprint density at radius 3 is 2.59 bits per heavy atom.